The van der Waals surface area contributed by atoms with Gasteiger partial charge in [0.05, 0.1) is 5.52 Å². The number of rotatable bonds is 2. The third kappa shape index (κ3) is 2.51. The Bertz CT molecular complexity index is 954. The number of aryl methyl sites for hydroxylation is 1. The number of benzene rings is 3. The number of hydrogen-bond acceptors (Lipinski definition) is 1. The third-order valence-electron chi connectivity index (χ3n) is 4.35. The second kappa shape index (κ2) is 5.69. The van der Waals surface area contributed by atoms with Crippen LogP contribution in [-0.4, -0.2) is 4.98 Å². The first-order chi connectivity index (χ1) is 11.3. The summed E-state index contributed by atoms with van der Waals surface area (Å²) in [7, 11) is 0. The number of pyridine rings is 1. The Morgan fingerprint density at radius 3 is 2.00 bits per heavy atom. The SMILES string of the molecule is Cc1c(-c2ccc(-c3ccccc3)cc2)cnc2ccccc12. The van der Waals surface area contributed by atoms with Crippen molar-refractivity contribution in [2.24, 2.45) is 0 Å². The minimum Gasteiger partial charge on any atom is -0.256 e. The van der Waals surface area contributed by atoms with Crippen LogP contribution in [0.4, 0.5) is 0 Å². The normalized spacial score (nSPS) is 10.8. The van der Waals surface area contributed by atoms with Crippen molar-refractivity contribution in [2.45, 2.75) is 6.92 Å². The van der Waals surface area contributed by atoms with E-state index in [9.17, 15) is 0 Å². The Balaban J connectivity index is 1.78. The second-order valence-corrected chi connectivity index (χ2v) is 5.76. The van der Waals surface area contributed by atoms with Crippen LogP contribution in [0.3, 0.4) is 0 Å². The molecule has 0 amide bonds. The molecular formula is C22H17N. The van der Waals surface area contributed by atoms with Gasteiger partial charge in [0, 0.05) is 17.1 Å². The topological polar surface area (TPSA) is 12.9 Å². The third-order valence-corrected chi connectivity index (χ3v) is 4.35. The van der Waals surface area contributed by atoms with Gasteiger partial charge in [-0.2, -0.15) is 0 Å². The van der Waals surface area contributed by atoms with Crippen LogP contribution in [0.15, 0.2) is 85.1 Å². The van der Waals surface area contributed by atoms with Gasteiger partial charge in [0.15, 0.2) is 0 Å². The first-order valence-corrected chi connectivity index (χ1v) is 7.83. The minimum absolute atomic E-state index is 1.05. The molecule has 4 aromatic rings. The molecule has 0 aliphatic rings. The monoisotopic (exact) mass is 295 g/mol. The van der Waals surface area contributed by atoms with Gasteiger partial charge in [-0.25, -0.2) is 0 Å². The molecule has 0 atom stereocenters. The van der Waals surface area contributed by atoms with Crippen LogP contribution in [0.1, 0.15) is 5.56 Å². The van der Waals surface area contributed by atoms with Gasteiger partial charge in [0.25, 0.3) is 0 Å². The zero-order chi connectivity index (χ0) is 15.6. The number of hydrogen-bond donors (Lipinski definition) is 0. The summed E-state index contributed by atoms with van der Waals surface area (Å²) in [5, 5.41) is 1.22. The first-order valence-electron chi connectivity index (χ1n) is 7.83. The highest BCUT2D eigenvalue weighted by molar-refractivity contribution is 5.88. The number of fused-ring (bicyclic) bond motifs is 1. The highest BCUT2D eigenvalue weighted by Crippen LogP contribution is 2.29. The van der Waals surface area contributed by atoms with E-state index < -0.39 is 0 Å². The van der Waals surface area contributed by atoms with E-state index in [2.05, 4.69) is 78.6 Å². The molecule has 0 aliphatic carbocycles. The average Bonchev–Trinajstić information content (AvgIpc) is 2.63. The van der Waals surface area contributed by atoms with E-state index in [4.69, 9.17) is 0 Å². The van der Waals surface area contributed by atoms with Crippen molar-refractivity contribution in [1.82, 2.24) is 4.98 Å². The van der Waals surface area contributed by atoms with Crippen molar-refractivity contribution in [3.05, 3.63) is 90.6 Å². The maximum atomic E-state index is 4.60. The van der Waals surface area contributed by atoms with Gasteiger partial charge in [-0.15, -0.1) is 0 Å². The van der Waals surface area contributed by atoms with Crippen LogP contribution in [-0.2, 0) is 0 Å². The van der Waals surface area contributed by atoms with Crippen LogP contribution >= 0.6 is 0 Å². The van der Waals surface area contributed by atoms with Gasteiger partial charge in [-0.05, 0) is 35.2 Å². The van der Waals surface area contributed by atoms with E-state index in [-0.39, 0.29) is 0 Å². The molecule has 0 aliphatic heterocycles. The molecule has 4 rings (SSSR count). The van der Waals surface area contributed by atoms with Crippen LogP contribution < -0.4 is 0 Å². The fourth-order valence-corrected chi connectivity index (χ4v) is 3.04. The lowest BCUT2D eigenvalue weighted by Gasteiger charge is -2.10. The Hall–Kier alpha value is -2.93. The molecule has 0 bridgehead atoms. The quantitative estimate of drug-likeness (QED) is 0.450. The average molecular weight is 295 g/mol. The Morgan fingerprint density at radius 1 is 0.609 bits per heavy atom. The van der Waals surface area contributed by atoms with E-state index in [1.807, 2.05) is 18.3 Å². The predicted octanol–water partition coefficient (Wildman–Crippen LogP) is 5.88. The predicted molar refractivity (Wildman–Crippen MR) is 97.4 cm³/mol. The van der Waals surface area contributed by atoms with Crippen molar-refractivity contribution in [2.75, 3.05) is 0 Å². The summed E-state index contributed by atoms with van der Waals surface area (Å²) < 4.78 is 0. The van der Waals surface area contributed by atoms with E-state index in [0.717, 1.165) is 5.52 Å². The Kier molecular flexibility index (Phi) is 3.39. The molecule has 1 nitrogen and oxygen atoms in total. The molecule has 0 unspecified atom stereocenters. The molecule has 3 aromatic carbocycles. The number of para-hydroxylation sites is 1. The van der Waals surface area contributed by atoms with Crippen LogP contribution in [0.2, 0.25) is 0 Å². The van der Waals surface area contributed by atoms with Gasteiger partial charge in [0.2, 0.25) is 0 Å². The summed E-state index contributed by atoms with van der Waals surface area (Å²) >= 11 is 0. The van der Waals surface area contributed by atoms with Gasteiger partial charge in [0.1, 0.15) is 0 Å². The van der Waals surface area contributed by atoms with E-state index >= 15 is 0 Å². The van der Waals surface area contributed by atoms with Crippen molar-refractivity contribution in [3.8, 4) is 22.3 Å². The smallest absolute Gasteiger partial charge is 0.0705 e. The van der Waals surface area contributed by atoms with Crippen molar-refractivity contribution < 1.29 is 0 Å². The molecule has 1 aromatic heterocycles. The van der Waals surface area contributed by atoms with Crippen molar-refractivity contribution in [1.29, 1.82) is 0 Å². The van der Waals surface area contributed by atoms with Crippen LogP contribution in [0, 0.1) is 6.92 Å². The van der Waals surface area contributed by atoms with Gasteiger partial charge in [-0.1, -0.05) is 72.8 Å². The molecule has 0 N–H and O–H groups in total. The Labute approximate surface area is 136 Å². The van der Waals surface area contributed by atoms with E-state index in [1.54, 1.807) is 0 Å². The largest absolute Gasteiger partial charge is 0.256 e. The van der Waals surface area contributed by atoms with Gasteiger partial charge >= 0.3 is 0 Å². The molecule has 0 saturated carbocycles. The maximum Gasteiger partial charge on any atom is 0.0705 e. The van der Waals surface area contributed by atoms with E-state index in [0.29, 0.717) is 0 Å². The second-order valence-electron chi connectivity index (χ2n) is 5.76. The van der Waals surface area contributed by atoms with Gasteiger partial charge < -0.3 is 0 Å². The van der Waals surface area contributed by atoms with Gasteiger partial charge in [-0.3, -0.25) is 4.98 Å². The lowest BCUT2D eigenvalue weighted by Crippen LogP contribution is -1.89. The lowest BCUT2D eigenvalue weighted by molar-refractivity contribution is 1.36. The fourth-order valence-electron chi connectivity index (χ4n) is 3.04. The zero-order valence-corrected chi connectivity index (χ0v) is 13.0. The molecule has 0 radical (unpaired) electrons. The molecule has 23 heavy (non-hydrogen) atoms. The molecule has 0 fully saturated rings. The van der Waals surface area contributed by atoms with E-state index in [1.165, 1.54) is 33.2 Å². The summed E-state index contributed by atoms with van der Waals surface area (Å²) in [6, 6.07) is 27.5. The minimum atomic E-state index is 1.05. The summed E-state index contributed by atoms with van der Waals surface area (Å²) in [5.41, 5.74) is 7.22. The highest BCUT2D eigenvalue weighted by atomic mass is 14.7. The molecular weight excluding hydrogens is 278 g/mol. The summed E-state index contributed by atoms with van der Waals surface area (Å²) in [5.74, 6) is 0. The fraction of sp³-hybridized carbons (Fsp3) is 0.0455. The molecule has 1 heterocycles. The Morgan fingerprint density at radius 2 is 1.22 bits per heavy atom. The molecule has 110 valence electrons. The van der Waals surface area contributed by atoms with Crippen molar-refractivity contribution >= 4 is 10.9 Å². The molecule has 0 saturated heterocycles. The zero-order valence-electron chi connectivity index (χ0n) is 13.0. The standard InChI is InChI=1S/C22H17N/c1-16-20-9-5-6-10-22(20)23-15-21(16)19-13-11-18(12-14-19)17-7-3-2-4-8-17/h2-15H,1H3. The summed E-state index contributed by atoms with van der Waals surface area (Å²) in [6.07, 6.45) is 1.98. The first kappa shape index (κ1) is 13.7. The highest BCUT2D eigenvalue weighted by Gasteiger charge is 2.07. The summed E-state index contributed by atoms with van der Waals surface area (Å²) in [6.45, 7) is 2.17. The maximum absolute atomic E-state index is 4.60. The summed E-state index contributed by atoms with van der Waals surface area (Å²) in [4.78, 5) is 4.60. The number of nitrogens with zero attached hydrogens (tertiary/aromatic N) is 1. The van der Waals surface area contributed by atoms with Crippen molar-refractivity contribution in [3.63, 3.8) is 0 Å². The van der Waals surface area contributed by atoms with Crippen LogP contribution in [0.5, 0.6) is 0 Å². The number of aromatic nitrogens is 1. The lowest BCUT2D eigenvalue weighted by atomic mass is 9.97. The van der Waals surface area contributed by atoms with Crippen LogP contribution in [0.25, 0.3) is 33.2 Å². The molecule has 1 heteroatoms. The molecule has 0 spiro atoms.